The Morgan fingerprint density at radius 2 is 2.14 bits per heavy atom. The fraction of sp³-hybridized carbons (Fsp3) is 0.533. The molecule has 2 fully saturated rings. The molecule has 0 unspecified atom stereocenters. The second kappa shape index (κ2) is 6.24. The molecule has 7 heteroatoms. The molecule has 1 aromatic rings. The van der Waals surface area contributed by atoms with Gasteiger partial charge in [0.25, 0.3) is 5.91 Å². The van der Waals surface area contributed by atoms with E-state index in [1.165, 1.54) is 0 Å². The van der Waals surface area contributed by atoms with Crippen LogP contribution in [0, 0.1) is 0 Å². The maximum absolute atomic E-state index is 12.2. The highest BCUT2D eigenvalue weighted by Crippen LogP contribution is 2.43. The van der Waals surface area contributed by atoms with Gasteiger partial charge in [0.2, 0.25) is 0 Å². The third kappa shape index (κ3) is 2.67. The third-order valence-electron chi connectivity index (χ3n) is 4.45. The van der Waals surface area contributed by atoms with Crippen LogP contribution in [0.15, 0.2) is 12.1 Å². The van der Waals surface area contributed by atoms with Gasteiger partial charge in [-0.3, -0.25) is 4.79 Å². The number of piperidine rings is 1. The predicted molar refractivity (Wildman–Crippen MR) is 82.4 cm³/mol. The quantitative estimate of drug-likeness (QED) is 0.861. The third-order valence-corrected chi connectivity index (χ3v) is 5.27. The highest BCUT2D eigenvalue weighted by molar-refractivity contribution is 6.42. The van der Waals surface area contributed by atoms with Crippen LogP contribution in [0.3, 0.4) is 0 Å². The molecule has 0 aliphatic carbocycles. The van der Waals surface area contributed by atoms with Crippen molar-refractivity contribution in [2.45, 2.75) is 30.9 Å². The van der Waals surface area contributed by atoms with Gasteiger partial charge >= 0.3 is 0 Å². The molecule has 2 aliphatic rings. The van der Waals surface area contributed by atoms with E-state index in [0.717, 1.165) is 0 Å². The van der Waals surface area contributed by atoms with Gasteiger partial charge < -0.3 is 19.8 Å². The zero-order chi connectivity index (χ0) is 15.9. The lowest BCUT2D eigenvalue weighted by atomic mass is 9.84. The molecule has 2 heterocycles. The Kier molecular flexibility index (Phi) is 4.50. The van der Waals surface area contributed by atoms with Gasteiger partial charge in [-0.05, 0) is 30.9 Å². The Morgan fingerprint density at radius 3 is 2.86 bits per heavy atom. The molecule has 0 saturated carbocycles. The summed E-state index contributed by atoms with van der Waals surface area (Å²) in [6, 6.07) is 3.04. The number of carbonyl (C=O) groups is 1. The minimum atomic E-state index is -0.754. The summed E-state index contributed by atoms with van der Waals surface area (Å²) in [5, 5.41) is 20.0. The Labute approximate surface area is 138 Å². The van der Waals surface area contributed by atoms with Crippen LogP contribution < -0.4 is 0 Å². The topological polar surface area (TPSA) is 70.0 Å². The molecule has 0 aromatic heterocycles. The number of amides is 1. The SMILES string of the molecule is O=C1[C@H](CO)OC[C@@H]2C[C@H](c3c(O)ccc(Cl)c3Cl)CCN12. The van der Waals surface area contributed by atoms with Crippen LogP contribution in [-0.4, -0.2) is 52.9 Å². The van der Waals surface area contributed by atoms with Crippen LogP contribution in [0.5, 0.6) is 5.75 Å². The van der Waals surface area contributed by atoms with Crippen molar-refractivity contribution in [2.75, 3.05) is 19.8 Å². The molecule has 22 heavy (non-hydrogen) atoms. The zero-order valence-electron chi connectivity index (χ0n) is 11.8. The molecule has 5 nitrogen and oxygen atoms in total. The number of fused-ring (bicyclic) bond motifs is 1. The molecule has 1 aromatic carbocycles. The fourth-order valence-corrected chi connectivity index (χ4v) is 3.80. The number of phenolic OH excluding ortho intramolecular Hbond substituents is 1. The molecule has 2 aliphatic heterocycles. The van der Waals surface area contributed by atoms with E-state index < -0.39 is 6.10 Å². The highest BCUT2D eigenvalue weighted by atomic mass is 35.5. The number of nitrogens with zero attached hydrogens (tertiary/aromatic N) is 1. The molecular formula is C15H17Cl2NO4. The Balaban J connectivity index is 1.82. The highest BCUT2D eigenvalue weighted by Gasteiger charge is 2.40. The first-order valence-electron chi connectivity index (χ1n) is 7.22. The fourth-order valence-electron chi connectivity index (χ4n) is 3.32. The summed E-state index contributed by atoms with van der Waals surface area (Å²) in [5.41, 5.74) is 0.644. The molecule has 2 saturated heterocycles. The van der Waals surface area contributed by atoms with Crippen LogP contribution in [0.25, 0.3) is 0 Å². The number of aliphatic hydroxyl groups excluding tert-OH is 1. The Bertz CT molecular complexity index is 595. The average Bonchev–Trinajstić information content (AvgIpc) is 2.52. The van der Waals surface area contributed by atoms with Crippen molar-refractivity contribution in [3.63, 3.8) is 0 Å². The number of morpholine rings is 1. The summed E-state index contributed by atoms with van der Waals surface area (Å²) >= 11 is 12.3. The molecule has 2 N–H and O–H groups in total. The minimum Gasteiger partial charge on any atom is -0.508 e. The molecule has 0 spiro atoms. The normalized spacial score (nSPS) is 28.6. The van der Waals surface area contributed by atoms with E-state index in [2.05, 4.69) is 0 Å². The van der Waals surface area contributed by atoms with Crippen LogP contribution in [0.4, 0.5) is 0 Å². The van der Waals surface area contributed by atoms with Crippen LogP contribution in [0.2, 0.25) is 10.0 Å². The van der Waals surface area contributed by atoms with Crippen LogP contribution >= 0.6 is 23.2 Å². The molecular weight excluding hydrogens is 329 g/mol. The first-order chi connectivity index (χ1) is 10.5. The Hall–Kier alpha value is -1.01. The predicted octanol–water partition coefficient (Wildman–Crippen LogP) is 2.16. The number of benzene rings is 1. The largest absolute Gasteiger partial charge is 0.508 e. The second-order valence-electron chi connectivity index (χ2n) is 5.71. The number of aliphatic hydroxyl groups is 1. The van der Waals surface area contributed by atoms with Crippen molar-refractivity contribution in [3.05, 3.63) is 27.7 Å². The first kappa shape index (κ1) is 15.9. The second-order valence-corrected chi connectivity index (χ2v) is 6.49. The van der Waals surface area contributed by atoms with Gasteiger partial charge in [-0.15, -0.1) is 0 Å². The maximum Gasteiger partial charge on any atom is 0.254 e. The summed E-state index contributed by atoms with van der Waals surface area (Å²) < 4.78 is 5.41. The van der Waals surface area contributed by atoms with Crippen molar-refractivity contribution in [1.29, 1.82) is 0 Å². The standard InChI is InChI=1S/C15H17Cl2NO4/c16-10-1-2-11(20)13(14(10)17)8-3-4-18-9(5-8)7-22-12(6-19)15(18)21/h1-2,8-9,12,19-20H,3-7H2/t8-,9+,12+/m1/s1. The van der Waals surface area contributed by atoms with Crippen LogP contribution in [-0.2, 0) is 9.53 Å². The minimum absolute atomic E-state index is 0.0227. The van der Waals surface area contributed by atoms with E-state index in [1.807, 2.05) is 0 Å². The Morgan fingerprint density at radius 1 is 1.36 bits per heavy atom. The van der Waals surface area contributed by atoms with Gasteiger partial charge in [-0.2, -0.15) is 0 Å². The van der Waals surface area contributed by atoms with Crippen molar-refractivity contribution < 1.29 is 19.7 Å². The summed E-state index contributed by atoms with van der Waals surface area (Å²) in [4.78, 5) is 13.9. The van der Waals surface area contributed by atoms with E-state index >= 15 is 0 Å². The number of ether oxygens (including phenoxy) is 1. The van der Waals surface area contributed by atoms with Crippen molar-refractivity contribution in [1.82, 2.24) is 4.90 Å². The summed E-state index contributed by atoms with van der Waals surface area (Å²) in [7, 11) is 0. The van der Waals surface area contributed by atoms with E-state index in [1.54, 1.807) is 17.0 Å². The molecule has 120 valence electrons. The van der Waals surface area contributed by atoms with Gasteiger partial charge in [0.15, 0.2) is 6.10 Å². The lowest BCUT2D eigenvalue weighted by Crippen LogP contribution is -2.57. The number of rotatable bonds is 2. The lowest BCUT2D eigenvalue weighted by Gasteiger charge is -2.44. The van der Waals surface area contributed by atoms with Crippen LogP contribution in [0.1, 0.15) is 24.3 Å². The van der Waals surface area contributed by atoms with Gasteiger partial charge in [0.1, 0.15) is 5.75 Å². The van der Waals surface area contributed by atoms with Gasteiger partial charge in [-0.1, -0.05) is 23.2 Å². The molecule has 0 radical (unpaired) electrons. The summed E-state index contributed by atoms with van der Waals surface area (Å²) in [6.45, 7) is 0.634. The number of phenols is 1. The number of carbonyl (C=O) groups excluding carboxylic acids is 1. The van der Waals surface area contributed by atoms with E-state index in [9.17, 15) is 9.90 Å². The van der Waals surface area contributed by atoms with Crippen molar-refractivity contribution in [2.24, 2.45) is 0 Å². The molecule has 3 atom stereocenters. The molecule has 0 bridgehead atoms. The maximum atomic E-state index is 12.2. The number of aromatic hydroxyl groups is 1. The van der Waals surface area contributed by atoms with Gasteiger partial charge in [-0.25, -0.2) is 0 Å². The molecule has 3 rings (SSSR count). The monoisotopic (exact) mass is 345 g/mol. The molecule has 1 amide bonds. The van der Waals surface area contributed by atoms with E-state index in [4.69, 9.17) is 33.0 Å². The summed E-state index contributed by atoms with van der Waals surface area (Å²) in [5.74, 6) is -0.0164. The number of hydrogen-bond donors (Lipinski definition) is 2. The smallest absolute Gasteiger partial charge is 0.254 e. The van der Waals surface area contributed by atoms with Gasteiger partial charge in [0.05, 0.1) is 29.3 Å². The van der Waals surface area contributed by atoms with Gasteiger partial charge in [0, 0.05) is 12.1 Å². The van der Waals surface area contributed by atoms with Crippen molar-refractivity contribution in [3.8, 4) is 5.75 Å². The first-order valence-corrected chi connectivity index (χ1v) is 7.98. The van der Waals surface area contributed by atoms with Crippen molar-refractivity contribution >= 4 is 29.1 Å². The average molecular weight is 346 g/mol. The number of halogens is 2. The van der Waals surface area contributed by atoms with E-state index in [0.29, 0.717) is 41.6 Å². The summed E-state index contributed by atoms with van der Waals surface area (Å²) in [6.07, 6.45) is 0.585. The lowest BCUT2D eigenvalue weighted by molar-refractivity contribution is -0.165. The number of hydrogen-bond acceptors (Lipinski definition) is 4. The van der Waals surface area contributed by atoms with E-state index in [-0.39, 0.29) is 30.2 Å². The zero-order valence-corrected chi connectivity index (χ0v) is 13.3.